The molecule has 0 fully saturated rings. The molecule has 6 heteroatoms. The van der Waals surface area contributed by atoms with Crippen LogP contribution < -0.4 is 11.1 Å². The van der Waals surface area contributed by atoms with Crippen LogP contribution in [0.3, 0.4) is 0 Å². The number of nitrogens with one attached hydrogen (secondary N) is 1. The molecular formula is C13H18N4OS. The first-order valence-electron chi connectivity index (χ1n) is 6.15. The van der Waals surface area contributed by atoms with Gasteiger partial charge in [-0.15, -0.1) is 0 Å². The molecule has 0 aliphatic carbocycles. The van der Waals surface area contributed by atoms with Gasteiger partial charge in [-0.3, -0.25) is 4.79 Å². The van der Waals surface area contributed by atoms with Crippen LogP contribution in [0.1, 0.15) is 18.2 Å². The molecule has 2 heterocycles. The minimum atomic E-state index is -0.0717. The fourth-order valence-electron chi connectivity index (χ4n) is 1.96. The number of thiophene rings is 1. The Hall–Kier alpha value is -1.82. The molecule has 0 radical (unpaired) electrons. The summed E-state index contributed by atoms with van der Waals surface area (Å²) < 4.78 is 1.52. The molecule has 1 unspecified atom stereocenters. The zero-order valence-electron chi connectivity index (χ0n) is 11.1. The van der Waals surface area contributed by atoms with Crippen LogP contribution in [0.25, 0.3) is 0 Å². The normalized spacial score (nSPS) is 12.3. The lowest BCUT2D eigenvalue weighted by Gasteiger charge is -2.13. The Bertz CT molecular complexity index is 547. The van der Waals surface area contributed by atoms with Gasteiger partial charge < -0.3 is 11.1 Å². The molecule has 0 bridgehead atoms. The fourth-order valence-corrected chi connectivity index (χ4v) is 2.64. The van der Waals surface area contributed by atoms with Crippen molar-refractivity contribution in [3.05, 3.63) is 34.2 Å². The number of nitrogens with two attached hydrogens (primary N) is 1. The molecule has 0 spiro atoms. The van der Waals surface area contributed by atoms with Crippen LogP contribution in [0.4, 0.5) is 5.82 Å². The zero-order chi connectivity index (χ0) is 13.8. The Balaban J connectivity index is 1.85. The highest BCUT2D eigenvalue weighted by molar-refractivity contribution is 7.07. The number of nitrogen functional groups attached to an aromatic ring is 1. The summed E-state index contributed by atoms with van der Waals surface area (Å²) in [5.41, 5.74) is 7.81. The maximum absolute atomic E-state index is 11.9. The number of anilines is 1. The fraction of sp³-hybridized carbons (Fsp3) is 0.385. The molecule has 2 aromatic heterocycles. The molecule has 102 valence electrons. The summed E-state index contributed by atoms with van der Waals surface area (Å²) >= 11 is 1.66. The van der Waals surface area contributed by atoms with E-state index in [2.05, 4.69) is 21.9 Å². The Kier molecular flexibility index (Phi) is 4.21. The van der Waals surface area contributed by atoms with Gasteiger partial charge in [0, 0.05) is 12.1 Å². The highest BCUT2D eigenvalue weighted by Crippen LogP contribution is 2.09. The number of carbonyl (C=O) groups excluding carboxylic acids is 1. The van der Waals surface area contributed by atoms with Crippen molar-refractivity contribution < 1.29 is 4.79 Å². The van der Waals surface area contributed by atoms with Gasteiger partial charge in [-0.25, -0.2) is 4.68 Å². The Morgan fingerprint density at radius 3 is 3.00 bits per heavy atom. The number of rotatable bonds is 5. The lowest BCUT2D eigenvalue weighted by molar-refractivity contribution is -0.122. The van der Waals surface area contributed by atoms with Gasteiger partial charge in [-0.2, -0.15) is 16.4 Å². The molecule has 0 aliphatic heterocycles. The smallest absolute Gasteiger partial charge is 0.242 e. The van der Waals surface area contributed by atoms with E-state index in [0.717, 1.165) is 12.1 Å². The molecule has 19 heavy (non-hydrogen) atoms. The second-order valence-electron chi connectivity index (χ2n) is 4.67. The van der Waals surface area contributed by atoms with E-state index in [0.29, 0.717) is 5.82 Å². The molecule has 1 atom stereocenters. The molecule has 1 amide bonds. The van der Waals surface area contributed by atoms with E-state index in [9.17, 15) is 4.79 Å². The second-order valence-corrected chi connectivity index (χ2v) is 5.45. The summed E-state index contributed by atoms with van der Waals surface area (Å²) in [6.07, 6.45) is 0.836. The van der Waals surface area contributed by atoms with Crippen molar-refractivity contribution in [1.82, 2.24) is 15.1 Å². The summed E-state index contributed by atoms with van der Waals surface area (Å²) in [5, 5.41) is 11.3. The largest absolute Gasteiger partial charge is 0.384 e. The van der Waals surface area contributed by atoms with Gasteiger partial charge in [0.15, 0.2) is 0 Å². The molecule has 3 N–H and O–H groups in total. The topological polar surface area (TPSA) is 72.9 Å². The maximum Gasteiger partial charge on any atom is 0.242 e. The van der Waals surface area contributed by atoms with Crippen LogP contribution in [-0.4, -0.2) is 21.7 Å². The van der Waals surface area contributed by atoms with Crippen molar-refractivity contribution in [3.8, 4) is 0 Å². The number of carbonyl (C=O) groups is 1. The Morgan fingerprint density at radius 1 is 1.63 bits per heavy atom. The summed E-state index contributed by atoms with van der Waals surface area (Å²) in [6, 6.07) is 3.92. The van der Waals surface area contributed by atoms with Crippen molar-refractivity contribution in [2.45, 2.75) is 32.9 Å². The van der Waals surface area contributed by atoms with E-state index >= 15 is 0 Å². The first-order chi connectivity index (χ1) is 9.04. The van der Waals surface area contributed by atoms with Crippen LogP contribution >= 0.6 is 11.3 Å². The van der Waals surface area contributed by atoms with Gasteiger partial charge >= 0.3 is 0 Å². The van der Waals surface area contributed by atoms with Crippen molar-refractivity contribution in [3.63, 3.8) is 0 Å². The molecule has 2 rings (SSSR count). The summed E-state index contributed by atoms with van der Waals surface area (Å²) in [4.78, 5) is 11.9. The third kappa shape index (κ3) is 3.82. The lowest BCUT2D eigenvalue weighted by atomic mass is 10.1. The molecule has 0 saturated heterocycles. The van der Waals surface area contributed by atoms with Gasteiger partial charge in [0.25, 0.3) is 0 Å². The van der Waals surface area contributed by atoms with E-state index in [-0.39, 0.29) is 18.5 Å². The van der Waals surface area contributed by atoms with Crippen molar-refractivity contribution in [2.24, 2.45) is 0 Å². The van der Waals surface area contributed by atoms with Gasteiger partial charge in [0.05, 0.1) is 5.69 Å². The standard InChI is InChI=1S/C13H18N4OS/c1-9(5-11-3-4-19-8-11)15-13(18)7-17-12(14)6-10(2)16-17/h3-4,6,8-9H,5,7,14H2,1-2H3,(H,15,18). The number of aryl methyl sites for hydroxylation is 1. The number of nitrogens with zero attached hydrogens (tertiary/aromatic N) is 2. The highest BCUT2D eigenvalue weighted by Gasteiger charge is 2.11. The van der Waals surface area contributed by atoms with Crippen molar-refractivity contribution in [1.29, 1.82) is 0 Å². The lowest BCUT2D eigenvalue weighted by Crippen LogP contribution is -2.36. The zero-order valence-corrected chi connectivity index (χ0v) is 11.9. The number of amides is 1. The van der Waals surface area contributed by atoms with E-state index in [1.165, 1.54) is 10.2 Å². The molecule has 0 aliphatic rings. The first kappa shape index (κ1) is 13.6. The third-order valence-electron chi connectivity index (χ3n) is 2.76. The molecule has 0 aromatic carbocycles. The van der Waals surface area contributed by atoms with E-state index in [4.69, 9.17) is 5.73 Å². The van der Waals surface area contributed by atoms with E-state index in [1.807, 2.05) is 19.2 Å². The molecule has 5 nitrogen and oxygen atoms in total. The highest BCUT2D eigenvalue weighted by atomic mass is 32.1. The van der Waals surface area contributed by atoms with Gasteiger partial charge in [-0.05, 0) is 42.7 Å². The van der Waals surface area contributed by atoms with Crippen molar-refractivity contribution in [2.75, 3.05) is 5.73 Å². The molecule has 2 aromatic rings. The number of aromatic nitrogens is 2. The van der Waals surface area contributed by atoms with E-state index in [1.54, 1.807) is 17.4 Å². The first-order valence-corrected chi connectivity index (χ1v) is 7.09. The predicted molar refractivity (Wildman–Crippen MR) is 77.0 cm³/mol. The van der Waals surface area contributed by atoms with Gasteiger partial charge in [0.2, 0.25) is 5.91 Å². The summed E-state index contributed by atoms with van der Waals surface area (Å²) in [5.74, 6) is 0.440. The van der Waals surface area contributed by atoms with Crippen LogP contribution in [0.2, 0.25) is 0 Å². The van der Waals surface area contributed by atoms with Gasteiger partial charge in [0.1, 0.15) is 12.4 Å². The predicted octanol–water partition coefficient (Wildman–Crippen LogP) is 1.58. The number of hydrogen-bond donors (Lipinski definition) is 2. The van der Waals surface area contributed by atoms with Crippen molar-refractivity contribution >= 4 is 23.1 Å². The van der Waals surface area contributed by atoms with Crippen LogP contribution in [0, 0.1) is 6.92 Å². The number of hydrogen-bond acceptors (Lipinski definition) is 4. The minimum absolute atomic E-state index is 0.0717. The summed E-state index contributed by atoms with van der Waals surface area (Å²) in [7, 11) is 0. The monoisotopic (exact) mass is 278 g/mol. The SMILES string of the molecule is Cc1cc(N)n(CC(=O)NC(C)Cc2ccsc2)n1. The second kappa shape index (κ2) is 5.88. The average Bonchev–Trinajstić information content (AvgIpc) is 2.89. The summed E-state index contributed by atoms with van der Waals surface area (Å²) in [6.45, 7) is 4.00. The Labute approximate surface area is 116 Å². The van der Waals surface area contributed by atoms with Crippen LogP contribution in [0.5, 0.6) is 0 Å². The molecular weight excluding hydrogens is 260 g/mol. The third-order valence-corrected chi connectivity index (χ3v) is 3.49. The van der Waals surface area contributed by atoms with Crippen LogP contribution in [0.15, 0.2) is 22.9 Å². The van der Waals surface area contributed by atoms with Gasteiger partial charge in [-0.1, -0.05) is 0 Å². The minimum Gasteiger partial charge on any atom is -0.384 e. The Morgan fingerprint density at radius 2 is 2.42 bits per heavy atom. The molecule has 0 saturated carbocycles. The average molecular weight is 278 g/mol. The van der Waals surface area contributed by atoms with Crippen LogP contribution in [-0.2, 0) is 17.8 Å². The quantitative estimate of drug-likeness (QED) is 0.872. The maximum atomic E-state index is 11.9. The van der Waals surface area contributed by atoms with E-state index < -0.39 is 0 Å².